The van der Waals surface area contributed by atoms with E-state index in [1.54, 1.807) is 0 Å². The normalized spacial score (nSPS) is 12.9. The van der Waals surface area contributed by atoms with Gasteiger partial charge in [-0.25, -0.2) is 4.98 Å². The van der Waals surface area contributed by atoms with Crippen LogP contribution in [0.25, 0.3) is 0 Å². The lowest BCUT2D eigenvalue weighted by molar-refractivity contribution is 0.542. The molecule has 7 heteroatoms. The molecular formula is C7H10N6S. The first-order valence-electron chi connectivity index (χ1n) is 4.21. The van der Waals surface area contributed by atoms with Crippen molar-refractivity contribution in [3.05, 3.63) is 23.2 Å². The average molecular weight is 210 g/mol. The van der Waals surface area contributed by atoms with Crippen LogP contribution in [0.2, 0.25) is 0 Å². The number of aromatic amines is 1. The highest BCUT2D eigenvalue weighted by atomic mass is 32.1. The highest BCUT2D eigenvalue weighted by molar-refractivity contribution is 7.03. The van der Waals surface area contributed by atoms with Crippen LogP contribution in [0.15, 0.2) is 11.7 Å². The molecule has 2 aromatic rings. The van der Waals surface area contributed by atoms with Gasteiger partial charge in [-0.2, -0.15) is 5.10 Å². The summed E-state index contributed by atoms with van der Waals surface area (Å²) < 4.78 is 3.78. The number of nitrogens with one attached hydrogen (secondary N) is 2. The predicted octanol–water partition coefficient (Wildman–Crippen LogP) is 0.507. The summed E-state index contributed by atoms with van der Waals surface area (Å²) in [5, 5.41) is 15.7. The van der Waals surface area contributed by atoms with Crippen LogP contribution in [0.3, 0.4) is 0 Å². The van der Waals surface area contributed by atoms with Crippen molar-refractivity contribution in [2.45, 2.75) is 19.5 Å². The molecule has 0 amide bonds. The van der Waals surface area contributed by atoms with Crippen molar-refractivity contribution in [1.29, 1.82) is 0 Å². The topological polar surface area (TPSA) is 79.4 Å². The van der Waals surface area contributed by atoms with Crippen LogP contribution in [0.4, 0.5) is 0 Å². The Kier molecular flexibility index (Phi) is 2.80. The van der Waals surface area contributed by atoms with E-state index < -0.39 is 0 Å². The van der Waals surface area contributed by atoms with E-state index in [1.807, 2.05) is 12.3 Å². The van der Waals surface area contributed by atoms with E-state index >= 15 is 0 Å². The van der Waals surface area contributed by atoms with Gasteiger partial charge in [0, 0.05) is 11.9 Å². The maximum Gasteiger partial charge on any atom is 0.141 e. The number of nitrogens with zero attached hydrogens (tertiary/aromatic N) is 4. The maximum absolute atomic E-state index is 4.05. The van der Waals surface area contributed by atoms with Gasteiger partial charge in [-0.3, -0.25) is 5.10 Å². The van der Waals surface area contributed by atoms with Crippen LogP contribution in [0.5, 0.6) is 0 Å². The molecule has 0 bridgehead atoms. The molecule has 2 N–H and O–H groups in total. The Labute approximate surface area is 84.9 Å². The third kappa shape index (κ3) is 2.12. The molecule has 14 heavy (non-hydrogen) atoms. The van der Waals surface area contributed by atoms with Gasteiger partial charge in [0.2, 0.25) is 0 Å². The molecule has 1 atom stereocenters. The van der Waals surface area contributed by atoms with E-state index in [2.05, 4.69) is 30.1 Å². The molecule has 0 aliphatic carbocycles. The van der Waals surface area contributed by atoms with Crippen LogP contribution < -0.4 is 5.32 Å². The monoisotopic (exact) mass is 210 g/mol. The second kappa shape index (κ2) is 4.25. The number of rotatable bonds is 4. The Hall–Kier alpha value is -1.34. The van der Waals surface area contributed by atoms with E-state index in [9.17, 15) is 0 Å². The van der Waals surface area contributed by atoms with Crippen LogP contribution in [-0.2, 0) is 6.54 Å². The molecule has 74 valence electrons. The summed E-state index contributed by atoms with van der Waals surface area (Å²) in [6, 6.07) is 0.138. The summed E-state index contributed by atoms with van der Waals surface area (Å²) in [6.45, 7) is 2.71. The van der Waals surface area contributed by atoms with Crippen LogP contribution in [-0.4, -0.2) is 24.8 Å². The first kappa shape index (κ1) is 9.22. The van der Waals surface area contributed by atoms with Gasteiger partial charge in [0.05, 0.1) is 11.7 Å². The summed E-state index contributed by atoms with van der Waals surface area (Å²) >= 11 is 1.35. The second-order valence-corrected chi connectivity index (χ2v) is 3.48. The zero-order valence-electron chi connectivity index (χ0n) is 7.64. The smallest absolute Gasteiger partial charge is 0.141 e. The quantitative estimate of drug-likeness (QED) is 0.768. The van der Waals surface area contributed by atoms with Crippen molar-refractivity contribution in [3.8, 4) is 0 Å². The first-order valence-corrected chi connectivity index (χ1v) is 5.04. The fourth-order valence-electron chi connectivity index (χ4n) is 1.04. The fraction of sp³-hybridized carbons (Fsp3) is 0.429. The Balaban J connectivity index is 1.87. The van der Waals surface area contributed by atoms with Gasteiger partial charge in [0.15, 0.2) is 0 Å². The van der Waals surface area contributed by atoms with Crippen LogP contribution in [0, 0.1) is 0 Å². The average Bonchev–Trinajstić information content (AvgIpc) is 2.87. The third-order valence-corrected chi connectivity index (χ3v) is 2.39. The zero-order valence-corrected chi connectivity index (χ0v) is 8.45. The van der Waals surface area contributed by atoms with Gasteiger partial charge in [0.25, 0.3) is 0 Å². The van der Waals surface area contributed by atoms with Gasteiger partial charge < -0.3 is 5.32 Å². The minimum absolute atomic E-state index is 0.138. The molecular weight excluding hydrogens is 200 g/mol. The lowest BCUT2D eigenvalue weighted by Gasteiger charge is -2.08. The summed E-state index contributed by atoms with van der Waals surface area (Å²) in [5.41, 5.74) is 0.946. The molecule has 0 aliphatic heterocycles. The number of aromatic nitrogens is 5. The zero-order chi connectivity index (χ0) is 9.80. The van der Waals surface area contributed by atoms with Gasteiger partial charge in [-0.1, -0.05) is 4.49 Å². The molecule has 0 spiro atoms. The SMILES string of the molecule is CC(NCc1csnn1)c1ncn[nH]1. The van der Waals surface area contributed by atoms with Crippen molar-refractivity contribution in [2.75, 3.05) is 0 Å². The van der Waals surface area contributed by atoms with Crippen molar-refractivity contribution >= 4 is 11.5 Å². The number of H-pyrrole nitrogens is 1. The largest absolute Gasteiger partial charge is 0.302 e. The molecule has 2 rings (SSSR count). The van der Waals surface area contributed by atoms with Crippen LogP contribution >= 0.6 is 11.5 Å². The molecule has 0 radical (unpaired) electrons. The van der Waals surface area contributed by atoms with E-state index in [1.165, 1.54) is 17.9 Å². The third-order valence-electron chi connectivity index (χ3n) is 1.84. The Morgan fingerprint density at radius 2 is 2.57 bits per heavy atom. The highest BCUT2D eigenvalue weighted by Crippen LogP contribution is 2.05. The molecule has 0 saturated carbocycles. The minimum Gasteiger partial charge on any atom is -0.302 e. The van der Waals surface area contributed by atoms with Crippen LogP contribution in [0.1, 0.15) is 24.5 Å². The molecule has 2 heterocycles. The van der Waals surface area contributed by atoms with Crippen molar-refractivity contribution in [1.82, 2.24) is 30.1 Å². The Morgan fingerprint density at radius 3 is 3.21 bits per heavy atom. The van der Waals surface area contributed by atoms with Crippen molar-refractivity contribution in [3.63, 3.8) is 0 Å². The Morgan fingerprint density at radius 1 is 1.64 bits per heavy atom. The predicted molar refractivity (Wildman–Crippen MR) is 51.5 cm³/mol. The lowest BCUT2D eigenvalue weighted by Crippen LogP contribution is -2.19. The van der Waals surface area contributed by atoms with E-state index in [4.69, 9.17) is 0 Å². The number of hydrogen-bond acceptors (Lipinski definition) is 6. The van der Waals surface area contributed by atoms with E-state index in [0.717, 1.165) is 11.5 Å². The van der Waals surface area contributed by atoms with E-state index in [0.29, 0.717) is 6.54 Å². The molecule has 1 unspecified atom stereocenters. The summed E-state index contributed by atoms with van der Waals surface area (Å²) in [4.78, 5) is 4.05. The molecule has 0 aliphatic rings. The highest BCUT2D eigenvalue weighted by Gasteiger charge is 2.07. The molecule has 0 saturated heterocycles. The van der Waals surface area contributed by atoms with Crippen molar-refractivity contribution < 1.29 is 0 Å². The number of hydrogen-bond donors (Lipinski definition) is 2. The standard InChI is InChI=1S/C7H10N6S/c1-5(7-9-4-10-12-7)8-2-6-3-14-13-11-6/h3-5,8H,2H2,1H3,(H,9,10,12). The van der Waals surface area contributed by atoms with Gasteiger partial charge in [0.1, 0.15) is 12.2 Å². The lowest BCUT2D eigenvalue weighted by atomic mass is 10.3. The van der Waals surface area contributed by atoms with Gasteiger partial charge >= 0.3 is 0 Å². The summed E-state index contributed by atoms with van der Waals surface area (Å²) in [7, 11) is 0. The fourth-order valence-corrected chi connectivity index (χ4v) is 1.49. The van der Waals surface area contributed by atoms with E-state index in [-0.39, 0.29) is 6.04 Å². The van der Waals surface area contributed by atoms with Gasteiger partial charge in [-0.05, 0) is 18.5 Å². The maximum atomic E-state index is 4.05. The summed E-state index contributed by atoms with van der Waals surface area (Å²) in [6.07, 6.45) is 1.50. The molecule has 0 aromatic carbocycles. The summed E-state index contributed by atoms with van der Waals surface area (Å²) in [5.74, 6) is 0.827. The molecule has 0 fully saturated rings. The minimum atomic E-state index is 0.138. The van der Waals surface area contributed by atoms with Crippen molar-refractivity contribution in [2.24, 2.45) is 0 Å². The first-order chi connectivity index (χ1) is 6.86. The van der Waals surface area contributed by atoms with Gasteiger partial charge in [-0.15, -0.1) is 5.10 Å². The molecule has 2 aromatic heterocycles. The second-order valence-electron chi connectivity index (χ2n) is 2.87. The molecule has 6 nitrogen and oxygen atoms in total. The Bertz CT molecular complexity index is 355.